The number of aromatic amines is 1. The maximum atomic E-state index is 12.8. The largest absolute Gasteiger partial charge is 0.358 e. The van der Waals surface area contributed by atoms with Gasteiger partial charge >= 0.3 is 0 Å². The Labute approximate surface area is 158 Å². The summed E-state index contributed by atoms with van der Waals surface area (Å²) in [4.78, 5) is 6.81. The molecule has 0 amide bonds. The summed E-state index contributed by atoms with van der Waals surface area (Å²) in [7, 11) is -3.35. The Balaban J connectivity index is 1.46. The minimum Gasteiger partial charge on any atom is -0.358 e. The number of rotatable bonds is 4. The summed E-state index contributed by atoms with van der Waals surface area (Å²) in [5.74, 6) is 0. The normalized spacial score (nSPS) is 17.2. The highest BCUT2D eigenvalue weighted by Crippen LogP contribution is 2.27. The number of benzene rings is 1. The lowest BCUT2D eigenvalue weighted by Crippen LogP contribution is -2.48. The molecule has 1 fully saturated rings. The van der Waals surface area contributed by atoms with Crippen LogP contribution < -0.4 is 0 Å². The average Bonchev–Trinajstić information content (AvgIpc) is 3.20. The van der Waals surface area contributed by atoms with Gasteiger partial charge in [0.15, 0.2) is 0 Å². The third-order valence-electron chi connectivity index (χ3n) is 5.05. The van der Waals surface area contributed by atoms with E-state index in [0.717, 1.165) is 30.0 Å². The molecule has 3 aromatic rings. The van der Waals surface area contributed by atoms with Gasteiger partial charge in [-0.2, -0.15) is 4.31 Å². The summed E-state index contributed by atoms with van der Waals surface area (Å²) in [6.45, 7) is 7.48. The average molecular weight is 390 g/mol. The van der Waals surface area contributed by atoms with Crippen molar-refractivity contribution in [1.82, 2.24) is 14.2 Å². The maximum absolute atomic E-state index is 12.8. The van der Waals surface area contributed by atoms with Gasteiger partial charge in [-0.3, -0.25) is 4.90 Å². The fourth-order valence-electron chi connectivity index (χ4n) is 3.57. The summed E-state index contributed by atoms with van der Waals surface area (Å²) in [6, 6.07) is 11.9. The summed E-state index contributed by atoms with van der Waals surface area (Å²) >= 11 is 1.35. The predicted octanol–water partition coefficient (Wildman–Crippen LogP) is 3.35. The van der Waals surface area contributed by atoms with Crippen molar-refractivity contribution in [1.29, 1.82) is 0 Å². The molecule has 26 heavy (non-hydrogen) atoms. The Morgan fingerprint density at radius 1 is 1.04 bits per heavy atom. The van der Waals surface area contributed by atoms with Gasteiger partial charge in [0.2, 0.25) is 0 Å². The van der Waals surface area contributed by atoms with Crippen molar-refractivity contribution in [2.45, 2.75) is 24.6 Å². The van der Waals surface area contributed by atoms with E-state index in [1.54, 1.807) is 10.4 Å². The molecule has 7 heteroatoms. The molecule has 1 saturated heterocycles. The number of thiophene rings is 1. The molecule has 0 unspecified atom stereocenters. The Hall–Kier alpha value is -1.67. The van der Waals surface area contributed by atoms with Crippen LogP contribution in [0, 0.1) is 13.8 Å². The second-order valence-electron chi connectivity index (χ2n) is 6.82. The highest BCUT2D eigenvalue weighted by molar-refractivity contribution is 7.91. The number of sulfonamides is 1. The zero-order chi connectivity index (χ0) is 18.3. The Bertz CT molecular complexity index is 1030. The van der Waals surface area contributed by atoms with Crippen molar-refractivity contribution in [3.05, 3.63) is 52.5 Å². The van der Waals surface area contributed by atoms with Crippen LogP contribution in [0.25, 0.3) is 10.9 Å². The van der Waals surface area contributed by atoms with Gasteiger partial charge in [0.25, 0.3) is 10.0 Å². The van der Waals surface area contributed by atoms with Gasteiger partial charge < -0.3 is 4.98 Å². The van der Waals surface area contributed by atoms with Gasteiger partial charge in [0.05, 0.1) is 0 Å². The fourth-order valence-corrected chi connectivity index (χ4v) is 6.43. The molecule has 5 nitrogen and oxygen atoms in total. The van der Waals surface area contributed by atoms with E-state index in [0.29, 0.717) is 17.3 Å². The van der Waals surface area contributed by atoms with Gasteiger partial charge in [-0.1, -0.05) is 18.2 Å². The lowest BCUT2D eigenvalue weighted by atomic mass is 10.1. The first-order chi connectivity index (χ1) is 12.4. The number of nitrogens with zero attached hydrogens (tertiary/aromatic N) is 2. The van der Waals surface area contributed by atoms with E-state index < -0.39 is 10.0 Å². The number of hydrogen-bond acceptors (Lipinski definition) is 4. The van der Waals surface area contributed by atoms with Crippen LogP contribution in [0.5, 0.6) is 0 Å². The Kier molecular flexibility index (Phi) is 4.64. The van der Waals surface area contributed by atoms with Gasteiger partial charge in [0, 0.05) is 54.2 Å². The molecular weight excluding hydrogens is 366 g/mol. The molecule has 4 rings (SSSR count). The molecule has 138 valence electrons. The number of hydrogen-bond donors (Lipinski definition) is 1. The fraction of sp³-hybridized carbons (Fsp3) is 0.368. The summed E-state index contributed by atoms with van der Waals surface area (Å²) in [6.07, 6.45) is 0. The SMILES string of the molecule is Cc1ccc(S(=O)(=O)N2CCN(Cc3c(C)[nH]c4ccccc34)CC2)s1. The highest BCUT2D eigenvalue weighted by atomic mass is 32.2. The van der Waals surface area contributed by atoms with E-state index >= 15 is 0 Å². The van der Waals surface area contributed by atoms with Crippen LogP contribution in [-0.2, 0) is 16.6 Å². The van der Waals surface area contributed by atoms with E-state index in [-0.39, 0.29) is 0 Å². The standard InChI is InChI=1S/C19H23N3O2S2/c1-14-7-8-19(25-14)26(23,24)22-11-9-21(10-12-22)13-17-15(2)20-18-6-4-3-5-16(17)18/h3-8,20H,9-13H2,1-2H3. The monoisotopic (exact) mass is 389 g/mol. The quantitative estimate of drug-likeness (QED) is 0.744. The second-order valence-corrected chi connectivity index (χ2v) is 10.3. The molecule has 0 spiro atoms. The zero-order valence-corrected chi connectivity index (χ0v) is 16.7. The van der Waals surface area contributed by atoms with Crippen LogP contribution in [0.1, 0.15) is 16.1 Å². The van der Waals surface area contributed by atoms with E-state index in [1.165, 1.54) is 28.0 Å². The first-order valence-corrected chi connectivity index (χ1v) is 11.1. The number of para-hydroxylation sites is 1. The topological polar surface area (TPSA) is 56.4 Å². The number of aryl methyl sites for hydroxylation is 2. The molecule has 0 aliphatic carbocycles. The van der Waals surface area contributed by atoms with Crippen LogP contribution in [0.4, 0.5) is 0 Å². The molecule has 0 atom stereocenters. The van der Waals surface area contributed by atoms with Crippen LogP contribution in [-0.4, -0.2) is 48.8 Å². The Morgan fingerprint density at radius 3 is 2.46 bits per heavy atom. The number of fused-ring (bicyclic) bond motifs is 1. The van der Waals surface area contributed by atoms with E-state index in [1.807, 2.05) is 19.1 Å². The first kappa shape index (κ1) is 17.7. The van der Waals surface area contributed by atoms with Gasteiger partial charge in [-0.05, 0) is 37.6 Å². The lowest BCUT2D eigenvalue weighted by molar-refractivity contribution is 0.182. The molecule has 1 aliphatic rings. The molecule has 0 radical (unpaired) electrons. The summed E-state index contributed by atoms with van der Waals surface area (Å²) < 4.78 is 27.6. The van der Waals surface area contributed by atoms with Gasteiger partial charge in [-0.25, -0.2) is 8.42 Å². The van der Waals surface area contributed by atoms with E-state index in [2.05, 4.69) is 35.0 Å². The zero-order valence-electron chi connectivity index (χ0n) is 15.0. The summed E-state index contributed by atoms with van der Waals surface area (Å²) in [5.41, 5.74) is 3.66. The minimum atomic E-state index is -3.35. The van der Waals surface area contributed by atoms with Crippen molar-refractivity contribution >= 4 is 32.3 Å². The Morgan fingerprint density at radius 2 is 1.77 bits per heavy atom. The molecule has 0 bridgehead atoms. The van der Waals surface area contributed by atoms with Crippen molar-refractivity contribution in [3.8, 4) is 0 Å². The first-order valence-electron chi connectivity index (χ1n) is 8.80. The van der Waals surface area contributed by atoms with Crippen LogP contribution in [0.2, 0.25) is 0 Å². The minimum absolute atomic E-state index is 0.455. The van der Waals surface area contributed by atoms with E-state index in [4.69, 9.17) is 0 Å². The van der Waals surface area contributed by atoms with Crippen molar-refractivity contribution in [2.24, 2.45) is 0 Å². The number of piperazine rings is 1. The smallest absolute Gasteiger partial charge is 0.252 e. The summed E-state index contributed by atoms with van der Waals surface area (Å²) in [5, 5.41) is 1.26. The molecular formula is C19H23N3O2S2. The van der Waals surface area contributed by atoms with Crippen LogP contribution in [0.3, 0.4) is 0 Å². The van der Waals surface area contributed by atoms with Crippen molar-refractivity contribution in [3.63, 3.8) is 0 Å². The molecule has 1 N–H and O–H groups in total. The molecule has 0 saturated carbocycles. The molecule has 1 aromatic carbocycles. The number of aromatic nitrogens is 1. The third-order valence-corrected chi connectivity index (χ3v) is 8.42. The van der Waals surface area contributed by atoms with Crippen LogP contribution in [0.15, 0.2) is 40.6 Å². The van der Waals surface area contributed by atoms with Crippen LogP contribution >= 0.6 is 11.3 Å². The number of nitrogens with one attached hydrogen (secondary N) is 1. The predicted molar refractivity (Wildman–Crippen MR) is 106 cm³/mol. The van der Waals surface area contributed by atoms with Gasteiger partial charge in [-0.15, -0.1) is 11.3 Å². The number of H-pyrrole nitrogens is 1. The van der Waals surface area contributed by atoms with Crippen molar-refractivity contribution in [2.75, 3.05) is 26.2 Å². The highest BCUT2D eigenvalue weighted by Gasteiger charge is 2.29. The van der Waals surface area contributed by atoms with Gasteiger partial charge in [0.1, 0.15) is 4.21 Å². The molecule has 3 heterocycles. The molecule has 1 aliphatic heterocycles. The second kappa shape index (κ2) is 6.81. The maximum Gasteiger partial charge on any atom is 0.252 e. The lowest BCUT2D eigenvalue weighted by Gasteiger charge is -2.33. The van der Waals surface area contributed by atoms with E-state index in [9.17, 15) is 8.42 Å². The third kappa shape index (κ3) is 3.20. The van der Waals surface area contributed by atoms with Crippen molar-refractivity contribution < 1.29 is 8.42 Å². The molecule has 2 aromatic heterocycles.